The van der Waals surface area contributed by atoms with Crippen molar-refractivity contribution in [3.05, 3.63) is 65.2 Å². The second kappa shape index (κ2) is 18.1. The predicted molar refractivity (Wildman–Crippen MR) is 180 cm³/mol. The van der Waals surface area contributed by atoms with Crippen molar-refractivity contribution in [2.45, 2.75) is 130 Å². The summed E-state index contributed by atoms with van der Waals surface area (Å²) in [5.41, 5.74) is 4.00. The molecule has 3 rings (SSSR count). The van der Waals surface area contributed by atoms with Crippen molar-refractivity contribution in [3.8, 4) is 16.3 Å². The Labute approximate surface area is 259 Å². The zero-order valence-electron chi connectivity index (χ0n) is 27.0. The van der Waals surface area contributed by atoms with E-state index in [9.17, 15) is 4.79 Å². The maximum Gasteiger partial charge on any atom is 0.271 e. The molecule has 3 aromatic rings. The number of carbonyl (C=O) groups is 1. The van der Waals surface area contributed by atoms with E-state index in [-0.39, 0.29) is 11.3 Å². The van der Waals surface area contributed by atoms with Crippen LogP contribution in [-0.4, -0.2) is 12.5 Å². The summed E-state index contributed by atoms with van der Waals surface area (Å²) in [7, 11) is 0. The van der Waals surface area contributed by atoms with Crippen molar-refractivity contribution in [1.82, 2.24) is 0 Å². The average Bonchev–Trinajstić information content (AvgIpc) is 3.44. The molecule has 0 saturated carbocycles. The predicted octanol–water partition coefficient (Wildman–Crippen LogP) is 10.3. The van der Waals surface area contributed by atoms with E-state index >= 15 is 0 Å². The zero-order valence-corrected chi connectivity index (χ0v) is 27.8. The number of rotatable bonds is 19. The van der Waals surface area contributed by atoms with Crippen LogP contribution in [0.4, 0.5) is 5.69 Å². The molecule has 1 aromatic heterocycles. The van der Waals surface area contributed by atoms with Gasteiger partial charge in [-0.25, -0.2) is 0 Å². The van der Waals surface area contributed by atoms with E-state index in [0.29, 0.717) is 6.42 Å². The van der Waals surface area contributed by atoms with E-state index in [1.165, 1.54) is 70.6 Å². The second-order valence-electron chi connectivity index (χ2n) is 12.6. The molecule has 0 aliphatic carbocycles. The number of anilines is 1. The van der Waals surface area contributed by atoms with E-state index in [2.05, 4.69) is 74.3 Å². The maximum atomic E-state index is 13.2. The summed E-state index contributed by atoms with van der Waals surface area (Å²) in [5.74, 6) is 0.939. The molecule has 1 N–H and O–H groups in total. The van der Waals surface area contributed by atoms with Crippen LogP contribution in [0.15, 0.2) is 54.0 Å². The summed E-state index contributed by atoms with van der Waals surface area (Å²) in [6, 6.07) is 14.3. The Morgan fingerprint density at radius 2 is 1.50 bits per heavy atom. The number of benzene rings is 2. The molecular weight excluding hydrogens is 536 g/mol. The van der Waals surface area contributed by atoms with Gasteiger partial charge >= 0.3 is 0 Å². The molecular formula is C37H55N2O2S+. The molecule has 0 aliphatic rings. The van der Waals surface area contributed by atoms with Gasteiger partial charge in [-0.15, -0.1) is 0 Å². The van der Waals surface area contributed by atoms with Crippen LogP contribution in [0.2, 0.25) is 0 Å². The number of para-hydroxylation sites is 1. The number of aromatic nitrogens is 1. The molecule has 230 valence electrons. The first kappa shape index (κ1) is 33.8. The number of nitrogens with one attached hydrogen (secondary N) is 1. The highest BCUT2D eigenvalue weighted by atomic mass is 32.1. The molecule has 0 fully saturated rings. The summed E-state index contributed by atoms with van der Waals surface area (Å²) in [6.45, 7) is 12.7. The van der Waals surface area contributed by atoms with Crippen LogP contribution in [-0.2, 0) is 23.2 Å². The zero-order chi connectivity index (χ0) is 30.2. The van der Waals surface area contributed by atoms with Gasteiger partial charge in [0.1, 0.15) is 12.3 Å². The minimum Gasteiger partial charge on any atom is -0.493 e. The number of nitrogens with zero attached hydrogens (tertiary/aromatic N) is 1. The Kier molecular flexibility index (Phi) is 14.6. The molecule has 0 spiro atoms. The fraction of sp³-hybridized carbons (Fsp3) is 0.568. The van der Waals surface area contributed by atoms with E-state index in [4.69, 9.17) is 4.74 Å². The highest BCUT2D eigenvalue weighted by Gasteiger charge is 2.21. The molecule has 0 unspecified atom stereocenters. The van der Waals surface area contributed by atoms with Crippen molar-refractivity contribution in [3.63, 3.8) is 0 Å². The first-order valence-electron chi connectivity index (χ1n) is 16.5. The van der Waals surface area contributed by atoms with E-state index in [1.807, 2.05) is 24.3 Å². The maximum absolute atomic E-state index is 13.2. The summed E-state index contributed by atoms with van der Waals surface area (Å²) in [5, 5.41) is 6.42. The number of thiazole rings is 1. The van der Waals surface area contributed by atoms with Crippen LogP contribution < -0.4 is 14.6 Å². The molecule has 1 heterocycles. The fourth-order valence-corrected chi connectivity index (χ4v) is 6.42. The highest BCUT2D eigenvalue weighted by Crippen LogP contribution is 2.33. The van der Waals surface area contributed by atoms with Crippen molar-refractivity contribution in [1.29, 1.82) is 0 Å². The van der Waals surface area contributed by atoms with Gasteiger partial charge in [-0.2, -0.15) is 4.57 Å². The molecule has 1 amide bonds. The quantitative estimate of drug-likeness (QED) is 0.111. The first-order valence-corrected chi connectivity index (χ1v) is 17.3. The molecule has 0 radical (unpaired) electrons. The second-order valence-corrected chi connectivity index (χ2v) is 13.5. The first-order chi connectivity index (χ1) is 20.3. The summed E-state index contributed by atoms with van der Waals surface area (Å²) < 4.78 is 8.50. The Hall–Kier alpha value is -2.66. The van der Waals surface area contributed by atoms with Crippen LogP contribution >= 0.6 is 11.3 Å². The molecule has 4 nitrogen and oxygen atoms in total. The smallest absolute Gasteiger partial charge is 0.271 e. The van der Waals surface area contributed by atoms with Gasteiger partial charge in [-0.1, -0.05) is 134 Å². The van der Waals surface area contributed by atoms with Gasteiger partial charge < -0.3 is 10.1 Å². The van der Waals surface area contributed by atoms with Crippen LogP contribution in [0.5, 0.6) is 5.75 Å². The van der Waals surface area contributed by atoms with Crippen molar-refractivity contribution >= 4 is 22.9 Å². The number of aryl methyl sites for hydroxylation is 1. The lowest BCUT2D eigenvalue weighted by molar-refractivity contribution is -0.678. The van der Waals surface area contributed by atoms with Crippen LogP contribution in [0.3, 0.4) is 0 Å². The van der Waals surface area contributed by atoms with Crippen molar-refractivity contribution < 1.29 is 14.1 Å². The highest BCUT2D eigenvalue weighted by molar-refractivity contribution is 7.12. The summed E-state index contributed by atoms with van der Waals surface area (Å²) in [6.07, 6.45) is 18.5. The normalized spacial score (nSPS) is 11.5. The number of carbonyl (C=O) groups excluding carboxylic acids is 1. The monoisotopic (exact) mass is 591 g/mol. The average molecular weight is 592 g/mol. The third kappa shape index (κ3) is 11.2. The largest absolute Gasteiger partial charge is 0.493 e. The van der Waals surface area contributed by atoms with Gasteiger partial charge in [0.05, 0.1) is 29.7 Å². The standard InChI is InChI=1S/C37H54N2O2S/c1-6-8-9-10-11-12-13-14-15-16-17-20-26-41-34-24-23-30(28-32(34)37(3,4)5)29-35(40)38-33-22-19-18-21-31(33)36-39(7-2)25-27-42-36/h18-19,21-25,27-28H,6-17,20,26,29H2,1-5H3/p+1. The Morgan fingerprint density at radius 1 is 0.857 bits per heavy atom. The van der Waals surface area contributed by atoms with Crippen LogP contribution in [0, 0.1) is 0 Å². The molecule has 0 bridgehead atoms. The number of ether oxygens (including phenoxy) is 1. The molecule has 0 saturated heterocycles. The van der Waals surface area contributed by atoms with Gasteiger partial charge in [0, 0.05) is 0 Å². The minimum absolute atomic E-state index is 0.00734. The van der Waals surface area contributed by atoms with Crippen LogP contribution in [0.1, 0.15) is 123 Å². The Morgan fingerprint density at radius 3 is 2.14 bits per heavy atom. The fourth-order valence-electron chi connectivity index (χ4n) is 5.45. The van der Waals surface area contributed by atoms with Gasteiger partial charge in [0.25, 0.3) is 5.01 Å². The topological polar surface area (TPSA) is 42.2 Å². The lowest BCUT2D eigenvalue weighted by atomic mass is 9.85. The Bertz CT molecular complexity index is 1210. The van der Waals surface area contributed by atoms with Gasteiger partial charge in [-0.3, -0.25) is 4.79 Å². The SMILES string of the molecule is CCCCCCCCCCCCCCOc1ccc(CC(=O)Nc2ccccc2-c2scc[n+]2CC)cc1C(C)(C)C. The summed E-state index contributed by atoms with van der Waals surface area (Å²) in [4.78, 5) is 13.2. The van der Waals surface area contributed by atoms with Crippen molar-refractivity contribution in [2.75, 3.05) is 11.9 Å². The molecule has 2 aromatic carbocycles. The third-order valence-corrected chi connectivity index (χ3v) is 8.86. The van der Waals surface area contributed by atoms with E-state index in [1.54, 1.807) is 11.3 Å². The van der Waals surface area contributed by atoms with Crippen LogP contribution in [0.25, 0.3) is 10.6 Å². The van der Waals surface area contributed by atoms with Crippen molar-refractivity contribution in [2.24, 2.45) is 0 Å². The molecule has 42 heavy (non-hydrogen) atoms. The molecule has 0 atom stereocenters. The van der Waals surface area contributed by atoms with E-state index < -0.39 is 0 Å². The number of hydrogen-bond acceptors (Lipinski definition) is 3. The lowest BCUT2D eigenvalue weighted by Crippen LogP contribution is -2.31. The minimum atomic E-state index is -0.0715. The number of amides is 1. The van der Waals surface area contributed by atoms with Gasteiger partial charge in [0.2, 0.25) is 5.91 Å². The molecule has 0 aliphatic heterocycles. The number of hydrogen-bond donors (Lipinski definition) is 1. The summed E-state index contributed by atoms with van der Waals surface area (Å²) >= 11 is 1.69. The van der Waals surface area contributed by atoms with Gasteiger partial charge in [-0.05, 0) is 48.1 Å². The Balaban J connectivity index is 1.47. The lowest BCUT2D eigenvalue weighted by Gasteiger charge is -2.24. The third-order valence-electron chi connectivity index (χ3n) is 7.93. The van der Waals surface area contributed by atoms with E-state index in [0.717, 1.165) is 52.7 Å². The van der Waals surface area contributed by atoms with Gasteiger partial charge in [0.15, 0.2) is 6.20 Å². The number of unbranched alkanes of at least 4 members (excludes halogenated alkanes) is 11. The molecule has 5 heteroatoms.